The summed E-state index contributed by atoms with van der Waals surface area (Å²) < 4.78 is 5.43. The molecule has 22 heavy (non-hydrogen) atoms. The summed E-state index contributed by atoms with van der Waals surface area (Å²) in [5, 5.41) is 14.9. The predicted molar refractivity (Wildman–Crippen MR) is 84.3 cm³/mol. The van der Waals surface area contributed by atoms with E-state index < -0.39 is 12.0 Å². The Kier molecular flexibility index (Phi) is 8.32. The van der Waals surface area contributed by atoms with Gasteiger partial charge in [0.2, 0.25) is 5.91 Å². The second-order valence-corrected chi connectivity index (χ2v) is 5.15. The maximum absolute atomic E-state index is 11.6. The van der Waals surface area contributed by atoms with Gasteiger partial charge in [-0.3, -0.25) is 14.9 Å². The molecule has 0 spiro atoms. The minimum absolute atomic E-state index is 0.0336. The summed E-state index contributed by atoms with van der Waals surface area (Å²) in [6, 6.07) is 6.29. The summed E-state index contributed by atoms with van der Waals surface area (Å²) >= 11 is 5.82. The van der Waals surface area contributed by atoms with Crippen LogP contribution in [0.2, 0.25) is 5.02 Å². The molecule has 1 aromatic rings. The number of nitrogens with one attached hydrogen (secondary N) is 2. The van der Waals surface area contributed by atoms with E-state index in [9.17, 15) is 9.59 Å². The lowest BCUT2D eigenvalue weighted by Crippen LogP contribution is -2.43. The summed E-state index contributed by atoms with van der Waals surface area (Å²) in [7, 11) is 0. The molecule has 1 amide bonds. The summed E-state index contributed by atoms with van der Waals surface area (Å²) in [6.45, 7) is 2.50. The fourth-order valence-corrected chi connectivity index (χ4v) is 1.98. The zero-order chi connectivity index (χ0) is 16.4. The van der Waals surface area contributed by atoms with Crippen LogP contribution >= 0.6 is 11.6 Å². The van der Waals surface area contributed by atoms with Crippen LogP contribution in [0, 0.1) is 0 Å². The average Bonchev–Trinajstić information content (AvgIpc) is 2.47. The molecule has 6 nitrogen and oxygen atoms in total. The fraction of sp³-hybridized carbons (Fsp3) is 0.467. The zero-order valence-corrected chi connectivity index (χ0v) is 13.2. The molecule has 0 aliphatic rings. The molecule has 7 heteroatoms. The van der Waals surface area contributed by atoms with Gasteiger partial charge in [0, 0.05) is 5.02 Å². The fourth-order valence-electron chi connectivity index (χ4n) is 1.80. The number of hydrogen-bond donors (Lipinski definition) is 3. The highest BCUT2D eigenvalue weighted by atomic mass is 35.5. The third-order valence-corrected chi connectivity index (χ3v) is 3.11. The van der Waals surface area contributed by atoms with E-state index in [1.807, 2.05) is 6.92 Å². The lowest BCUT2D eigenvalue weighted by Gasteiger charge is -2.13. The van der Waals surface area contributed by atoms with E-state index in [2.05, 4.69) is 10.6 Å². The lowest BCUT2D eigenvalue weighted by molar-refractivity contribution is -0.139. The maximum Gasteiger partial charge on any atom is 0.320 e. The molecule has 0 fully saturated rings. The van der Waals surface area contributed by atoms with Gasteiger partial charge in [0.15, 0.2) is 0 Å². The van der Waals surface area contributed by atoms with Gasteiger partial charge in [0.05, 0.1) is 13.1 Å². The highest BCUT2D eigenvalue weighted by Gasteiger charge is 2.16. The molecule has 0 aliphatic heterocycles. The van der Waals surface area contributed by atoms with Crippen LogP contribution in [-0.2, 0) is 9.59 Å². The molecule has 0 aliphatic carbocycles. The number of carbonyl (C=O) groups is 2. The van der Waals surface area contributed by atoms with Crippen molar-refractivity contribution < 1.29 is 19.4 Å². The largest absolute Gasteiger partial charge is 0.492 e. The summed E-state index contributed by atoms with van der Waals surface area (Å²) in [5.74, 6) is -0.579. The molecule has 0 heterocycles. The molecule has 122 valence electrons. The van der Waals surface area contributed by atoms with Gasteiger partial charge < -0.3 is 15.2 Å². The van der Waals surface area contributed by atoms with Crippen LogP contribution in [-0.4, -0.2) is 42.7 Å². The number of aliphatic carboxylic acids is 1. The SMILES string of the molecule is CCCC(NCC(=O)NCCOc1cccc(Cl)c1)C(=O)O. The minimum Gasteiger partial charge on any atom is -0.492 e. The lowest BCUT2D eigenvalue weighted by atomic mass is 10.2. The van der Waals surface area contributed by atoms with E-state index in [0.717, 1.165) is 6.42 Å². The number of halogens is 1. The van der Waals surface area contributed by atoms with Crippen molar-refractivity contribution in [1.82, 2.24) is 10.6 Å². The van der Waals surface area contributed by atoms with Crippen molar-refractivity contribution in [3.05, 3.63) is 29.3 Å². The normalized spacial score (nSPS) is 11.7. The van der Waals surface area contributed by atoms with Gasteiger partial charge in [-0.25, -0.2) is 0 Å². The molecular weight excluding hydrogens is 308 g/mol. The Bertz CT molecular complexity index is 496. The topological polar surface area (TPSA) is 87.7 Å². The van der Waals surface area contributed by atoms with Crippen LogP contribution in [0.4, 0.5) is 0 Å². The Balaban J connectivity index is 2.19. The maximum atomic E-state index is 11.6. The van der Waals surface area contributed by atoms with Gasteiger partial charge in [-0.1, -0.05) is 31.0 Å². The summed E-state index contributed by atoms with van der Waals surface area (Å²) in [4.78, 5) is 22.5. The van der Waals surface area contributed by atoms with Crippen molar-refractivity contribution in [3.63, 3.8) is 0 Å². The Morgan fingerprint density at radius 3 is 2.82 bits per heavy atom. The third kappa shape index (κ3) is 7.28. The van der Waals surface area contributed by atoms with E-state index >= 15 is 0 Å². The number of carboxylic acids is 1. The van der Waals surface area contributed by atoms with E-state index in [0.29, 0.717) is 30.3 Å². The second-order valence-electron chi connectivity index (χ2n) is 4.72. The average molecular weight is 329 g/mol. The molecule has 0 bridgehead atoms. The van der Waals surface area contributed by atoms with Gasteiger partial charge in [0.25, 0.3) is 0 Å². The first-order valence-corrected chi connectivity index (χ1v) is 7.52. The van der Waals surface area contributed by atoms with Crippen molar-refractivity contribution in [2.24, 2.45) is 0 Å². The zero-order valence-electron chi connectivity index (χ0n) is 12.5. The van der Waals surface area contributed by atoms with Crippen LogP contribution in [0.3, 0.4) is 0 Å². The highest BCUT2D eigenvalue weighted by Crippen LogP contribution is 2.16. The van der Waals surface area contributed by atoms with Crippen molar-refractivity contribution in [3.8, 4) is 5.75 Å². The molecule has 3 N–H and O–H groups in total. The Morgan fingerprint density at radius 1 is 1.41 bits per heavy atom. The van der Waals surface area contributed by atoms with Crippen molar-refractivity contribution in [2.75, 3.05) is 19.7 Å². The molecular formula is C15H21ClN2O4. The molecule has 1 aromatic carbocycles. The van der Waals surface area contributed by atoms with Crippen LogP contribution in [0.5, 0.6) is 5.75 Å². The van der Waals surface area contributed by atoms with Crippen molar-refractivity contribution >= 4 is 23.5 Å². The monoisotopic (exact) mass is 328 g/mol. The Labute approximate surface area is 134 Å². The predicted octanol–water partition coefficient (Wildman–Crippen LogP) is 1.68. The molecule has 0 aromatic heterocycles. The molecule has 0 saturated carbocycles. The first kappa shape index (κ1) is 18.3. The van der Waals surface area contributed by atoms with Gasteiger partial charge >= 0.3 is 5.97 Å². The van der Waals surface area contributed by atoms with E-state index in [1.165, 1.54) is 0 Å². The molecule has 1 atom stereocenters. The van der Waals surface area contributed by atoms with Crippen LogP contribution in [0.25, 0.3) is 0 Å². The smallest absolute Gasteiger partial charge is 0.320 e. The number of carbonyl (C=O) groups excluding carboxylic acids is 1. The van der Waals surface area contributed by atoms with Gasteiger partial charge in [-0.05, 0) is 24.6 Å². The standard InChI is InChI=1S/C15H21ClN2O4/c1-2-4-13(15(20)21)18-10-14(19)17-7-8-22-12-6-3-5-11(16)9-12/h3,5-6,9,13,18H,2,4,7-8,10H2,1H3,(H,17,19)(H,20,21). The Hall–Kier alpha value is -1.79. The van der Waals surface area contributed by atoms with E-state index in [-0.39, 0.29) is 12.5 Å². The number of ether oxygens (including phenoxy) is 1. The molecule has 1 unspecified atom stereocenters. The Morgan fingerprint density at radius 2 is 2.18 bits per heavy atom. The van der Waals surface area contributed by atoms with Crippen molar-refractivity contribution in [1.29, 1.82) is 0 Å². The number of amides is 1. The first-order valence-electron chi connectivity index (χ1n) is 7.14. The number of benzene rings is 1. The highest BCUT2D eigenvalue weighted by molar-refractivity contribution is 6.30. The summed E-state index contributed by atoms with van der Waals surface area (Å²) in [6.07, 6.45) is 1.22. The van der Waals surface area contributed by atoms with Gasteiger partial charge in [-0.15, -0.1) is 0 Å². The van der Waals surface area contributed by atoms with Crippen LogP contribution < -0.4 is 15.4 Å². The van der Waals surface area contributed by atoms with Crippen molar-refractivity contribution in [2.45, 2.75) is 25.8 Å². The minimum atomic E-state index is -0.945. The quantitative estimate of drug-likeness (QED) is 0.569. The molecule has 0 saturated heterocycles. The first-order chi connectivity index (χ1) is 10.5. The molecule has 0 radical (unpaired) electrons. The van der Waals surface area contributed by atoms with E-state index in [1.54, 1.807) is 24.3 Å². The van der Waals surface area contributed by atoms with Crippen LogP contribution in [0.1, 0.15) is 19.8 Å². The number of carboxylic acid groups (broad SMARTS) is 1. The number of rotatable bonds is 10. The van der Waals surface area contributed by atoms with Crippen LogP contribution in [0.15, 0.2) is 24.3 Å². The third-order valence-electron chi connectivity index (χ3n) is 2.87. The number of hydrogen-bond acceptors (Lipinski definition) is 4. The van der Waals surface area contributed by atoms with Gasteiger partial charge in [0.1, 0.15) is 18.4 Å². The summed E-state index contributed by atoms with van der Waals surface area (Å²) in [5.41, 5.74) is 0. The van der Waals surface area contributed by atoms with Gasteiger partial charge in [-0.2, -0.15) is 0 Å². The molecule has 1 rings (SSSR count). The van der Waals surface area contributed by atoms with E-state index in [4.69, 9.17) is 21.4 Å². The second kappa shape index (κ2) is 10.0.